The molecular weight excluding hydrogens is 307 g/mol. The van der Waals surface area contributed by atoms with Gasteiger partial charge in [-0.05, 0) is 30.5 Å². The van der Waals surface area contributed by atoms with Crippen LogP contribution < -0.4 is 5.32 Å². The van der Waals surface area contributed by atoms with E-state index in [0.717, 1.165) is 22.4 Å². The summed E-state index contributed by atoms with van der Waals surface area (Å²) in [6.45, 7) is 0.313. The Kier molecular flexibility index (Phi) is 4.33. The molecule has 1 unspecified atom stereocenters. The van der Waals surface area contributed by atoms with E-state index in [2.05, 4.69) is 14.9 Å². The molecule has 0 saturated heterocycles. The first-order valence-corrected chi connectivity index (χ1v) is 7.74. The highest BCUT2D eigenvalue weighted by molar-refractivity contribution is 5.77. The minimum atomic E-state index is -4.34. The molecule has 1 aromatic heterocycles. The quantitative estimate of drug-likeness (QED) is 0.858. The average molecular weight is 327 g/mol. The number of aliphatic hydroxyl groups excluding tert-OH is 1. The number of benzene rings is 1. The summed E-state index contributed by atoms with van der Waals surface area (Å²) in [4.78, 5) is 4.66. The number of imidazole rings is 1. The lowest BCUT2D eigenvalue weighted by Gasteiger charge is -2.13. The number of hydrogen-bond donors (Lipinski definition) is 2. The summed E-state index contributed by atoms with van der Waals surface area (Å²) in [5, 5.41) is 12.2. The highest BCUT2D eigenvalue weighted by atomic mass is 19.4. The number of hydrogen-bond acceptors (Lipinski definition) is 3. The molecule has 1 aromatic carbocycles. The molecule has 1 heterocycles. The van der Waals surface area contributed by atoms with E-state index >= 15 is 0 Å². The van der Waals surface area contributed by atoms with Gasteiger partial charge in [0, 0.05) is 26.1 Å². The lowest BCUT2D eigenvalue weighted by atomic mass is 10.2. The first-order chi connectivity index (χ1) is 10.8. The number of nitrogens with one attached hydrogen (secondary N) is 1. The molecule has 1 atom stereocenters. The van der Waals surface area contributed by atoms with Gasteiger partial charge in [0.05, 0.1) is 23.6 Å². The van der Waals surface area contributed by atoms with Crippen molar-refractivity contribution in [3.05, 3.63) is 29.6 Å². The summed E-state index contributed by atoms with van der Waals surface area (Å²) < 4.78 is 38.5. The van der Waals surface area contributed by atoms with E-state index in [1.807, 2.05) is 25.2 Å². The Morgan fingerprint density at radius 1 is 1.39 bits per heavy atom. The lowest BCUT2D eigenvalue weighted by molar-refractivity contribution is -0.152. The van der Waals surface area contributed by atoms with Crippen LogP contribution in [0, 0.1) is 0 Å². The van der Waals surface area contributed by atoms with Crippen LogP contribution in [0.25, 0.3) is 11.0 Å². The fraction of sp³-hybridized carbons (Fsp3) is 0.562. The maximum absolute atomic E-state index is 12.1. The van der Waals surface area contributed by atoms with Gasteiger partial charge in [-0.3, -0.25) is 0 Å². The number of nitrogens with zero attached hydrogens (tertiary/aromatic N) is 2. The van der Waals surface area contributed by atoms with Gasteiger partial charge in [0.1, 0.15) is 5.82 Å². The number of rotatable bonds is 6. The summed E-state index contributed by atoms with van der Waals surface area (Å²) in [6, 6.07) is 5.87. The predicted octanol–water partition coefficient (Wildman–Crippen LogP) is 2.85. The van der Waals surface area contributed by atoms with Crippen LogP contribution in [0.2, 0.25) is 0 Å². The molecule has 1 aliphatic rings. The van der Waals surface area contributed by atoms with E-state index in [9.17, 15) is 18.3 Å². The fourth-order valence-electron chi connectivity index (χ4n) is 2.80. The van der Waals surface area contributed by atoms with E-state index in [-0.39, 0.29) is 6.54 Å². The molecule has 2 N–H and O–H groups in total. The SMILES string of the molecule is Cn1c(C2CC2)nc2cc(CNCC(O)CC(F)(F)F)ccc21. The van der Waals surface area contributed by atoms with Crippen LogP contribution in [-0.4, -0.2) is 33.5 Å². The van der Waals surface area contributed by atoms with Crippen molar-refractivity contribution < 1.29 is 18.3 Å². The van der Waals surface area contributed by atoms with Gasteiger partial charge in [-0.1, -0.05) is 6.07 Å². The largest absolute Gasteiger partial charge is 0.391 e. The highest BCUT2D eigenvalue weighted by Gasteiger charge is 2.31. The molecule has 1 saturated carbocycles. The second-order valence-electron chi connectivity index (χ2n) is 6.23. The normalized spacial score (nSPS) is 16.9. The van der Waals surface area contributed by atoms with E-state index in [1.165, 1.54) is 12.8 Å². The van der Waals surface area contributed by atoms with E-state index in [0.29, 0.717) is 12.5 Å². The fourth-order valence-corrected chi connectivity index (χ4v) is 2.80. The minimum absolute atomic E-state index is 0.0902. The molecule has 0 spiro atoms. The Bertz CT molecular complexity index is 692. The number of aromatic nitrogens is 2. The van der Waals surface area contributed by atoms with Crippen LogP contribution in [0.15, 0.2) is 18.2 Å². The Morgan fingerprint density at radius 2 is 2.13 bits per heavy atom. The maximum Gasteiger partial charge on any atom is 0.391 e. The van der Waals surface area contributed by atoms with Crippen LogP contribution in [0.5, 0.6) is 0 Å². The Labute approximate surface area is 132 Å². The third-order valence-electron chi connectivity index (χ3n) is 4.10. The molecule has 0 bridgehead atoms. The molecule has 7 heteroatoms. The molecule has 0 aliphatic heterocycles. The van der Waals surface area contributed by atoms with Crippen molar-refractivity contribution in [3.63, 3.8) is 0 Å². The smallest absolute Gasteiger partial charge is 0.391 e. The highest BCUT2D eigenvalue weighted by Crippen LogP contribution is 2.40. The van der Waals surface area contributed by atoms with Gasteiger partial charge in [0.2, 0.25) is 0 Å². The Morgan fingerprint density at radius 3 is 2.78 bits per heavy atom. The molecule has 126 valence electrons. The Balaban J connectivity index is 1.60. The zero-order valence-electron chi connectivity index (χ0n) is 12.9. The second kappa shape index (κ2) is 6.13. The molecule has 4 nitrogen and oxygen atoms in total. The first-order valence-electron chi connectivity index (χ1n) is 7.74. The topological polar surface area (TPSA) is 50.1 Å². The van der Waals surface area contributed by atoms with E-state index in [1.54, 1.807) is 0 Å². The van der Waals surface area contributed by atoms with Crippen molar-refractivity contribution in [2.45, 2.75) is 44.0 Å². The lowest BCUT2D eigenvalue weighted by Crippen LogP contribution is -2.30. The molecule has 2 aromatic rings. The van der Waals surface area contributed by atoms with Gasteiger partial charge in [-0.15, -0.1) is 0 Å². The number of aryl methyl sites for hydroxylation is 1. The zero-order valence-corrected chi connectivity index (χ0v) is 12.9. The third-order valence-corrected chi connectivity index (χ3v) is 4.10. The van der Waals surface area contributed by atoms with Crippen molar-refractivity contribution in [2.24, 2.45) is 7.05 Å². The number of alkyl halides is 3. The summed E-state index contributed by atoms with van der Waals surface area (Å²) in [6.07, 6.45) is -4.59. The van der Waals surface area contributed by atoms with E-state index < -0.39 is 18.7 Å². The van der Waals surface area contributed by atoms with Gasteiger partial charge in [0.25, 0.3) is 0 Å². The summed E-state index contributed by atoms with van der Waals surface area (Å²) in [5.41, 5.74) is 2.91. The van der Waals surface area contributed by atoms with Gasteiger partial charge in [-0.2, -0.15) is 13.2 Å². The van der Waals surface area contributed by atoms with Crippen molar-refractivity contribution in [2.75, 3.05) is 6.54 Å². The van der Waals surface area contributed by atoms with Gasteiger partial charge in [0.15, 0.2) is 0 Å². The first kappa shape index (κ1) is 16.3. The minimum Gasteiger partial charge on any atom is -0.391 e. The molecule has 23 heavy (non-hydrogen) atoms. The van der Waals surface area contributed by atoms with Crippen LogP contribution in [-0.2, 0) is 13.6 Å². The summed E-state index contributed by atoms with van der Waals surface area (Å²) in [5.74, 6) is 1.66. The molecule has 0 amide bonds. The molecule has 1 aliphatic carbocycles. The average Bonchev–Trinajstić information content (AvgIpc) is 3.22. The molecule has 3 rings (SSSR count). The summed E-state index contributed by atoms with van der Waals surface area (Å²) in [7, 11) is 2.01. The van der Waals surface area contributed by atoms with Gasteiger partial charge in [-0.25, -0.2) is 4.98 Å². The second-order valence-corrected chi connectivity index (χ2v) is 6.23. The summed E-state index contributed by atoms with van der Waals surface area (Å²) >= 11 is 0. The van der Waals surface area contributed by atoms with Crippen LogP contribution in [0.1, 0.15) is 36.6 Å². The van der Waals surface area contributed by atoms with Crippen molar-refractivity contribution in [1.82, 2.24) is 14.9 Å². The van der Waals surface area contributed by atoms with Crippen LogP contribution in [0.4, 0.5) is 13.2 Å². The standard InChI is InChI=1S/C16H20F3N3O/c1-22-14-5-2-10(6-13(14)21-15(22)11-3-4-11)8-20-9-12(23)7-16(17,18)19/h2,5-6,11-12,20,23H,3-4,7-9H2,1H3. The third kappa shape index (κ3) is 4.03. The zero-order chi connectivity index (χ0) is 16.6. The van der Waals surface area contributed by atoms with Crippen molar-refractivity contribution in [1.29, 1.82) is 0 Å². The van der Waals surface area contributed by atoms with Crippen LogP contribution >= 0.6 is 0 Å². The maximum atomic E-state index is 12.1. The van der Waals surface area contributed by atoms with Crippen molar-refractivity contribution in [3.8, 4) is 0 Å². The molecular formula is C16H20F3N3O. The Hall–Kier alpha value is -1.60. The predicted molar refractivity (Wildman–Crippen MR) is 81.1 cm³/mol. The number of aliphatic hydroxyl groups is 1. The van der Waals surface area contributed by atoms with E-state index in [4.69, 9.17) is 0 Å². The van der Waals surface area contributed by atoms with Gasteiger partial charge < -0.3 is 15.0 Å². The molecule has 1 fully saturated rings. The van der Waals surface area contributed by atoms with Gasteiger partial charge >= 0.3 is 6.18 Å². The van der Waals surface area contributed by atoms with Crippen LogP contribution in [0.3, 0.4) is 0 Å². The van der Waals surface area contributed by atoms with Crippen molar-refractivity contribution >= 4 is 11.0 Å². The number of fused-ring (bicyclic) bond motifs is 1. The number of halogens is 3. The monoisotopic (exact) mass is 327 g/mol. The molecule has 0 radical (unpaired) electrons.